The van der Waals surface area contributed by atoms with Crippen molar-refractivity contribution in [1.29, 1.82) is 0 Å². The summed E-state index contributed by atoms with van der Waals surface area (Å²) in [6.45, 7) is 0. The molecule has 0 aromatic heterocycles. The zero-order valence-corrected chi connectivity index (χ0v) is 19.5. The van der Waals surface area contributed by atoms with E-state index in [-0.39, 0.29) is 39.9 Å². The molecule has 3 heteroatoms. The molecule has 5 rings (SSSR count). The molecule has 1 nitrogen and oxygen atoms in total. The van der Waals surface area contributed by atoms with Crippen molar-refractivity contribution < 1.29 is 38.9 Å². The Labute approximate surface area is 214 Å². The molecule has 31 heavy (non-hydrogen) atoms. The maximum absolute atomic E-state index is 12.4. The van der Waals surface area contributed by atoms with Crippen LogP contribution in [-0.2, 0) is 38.9 Å². The standard InChI is InChI=1S/C18H16O.2C5H5.2Fe/c19-18-16(12-14-6-1-2-7-14)10-5-11-17(18)13-15-8-3-4-9-15;2*1-2-4-5-3-1;;/h1-4,6-9,12-13H,5,10-11H2;2*1-5H;;/q;;;2*+2/b16-12+,17-13+;;;;. The van der Waals surface area contributed by atoms with Crippen LogP contribution in [-0.4, -0.2) is 5.78 Å². The van der Waals surface area contributed by atoms with Gasteiger partial charge in [-0.2, -0.15) is 0 Å². The number of allylic oxidation sites excluding steroid dienone is 4. The van der Waals surface area contributed by atoms with E-state index in [0.717, 1.165) is 42.2 Å². The molecule has 0 atom stereocenters. The normalized spacial score (nSPS) is 26.6. The Hall–Kier alpha value is 0.189. The van der Waals surface area contributed by atoms with Gasteiger partial charge in [-0.25, -0.2) is 0 Å². The summed E-state index contributed by atoms with van der Waals surface area (Å²) < 4.78 is 0. The van der Waals surface area contributed by atoms with Gasteiger partial charge in [-0.1, -0.05) is 12.2 Å². The molecular weight excluding hydrogens is 464 g/mol. The van der Waals surface area contributed by atoms with Crippen molar-refractivity contribution >= 4 is 5.78 Å². The summed E-state index contributed by atoms with van der Waals surface area (Å²) in [6.07, 6.45) is 43.0. The average Bonchev–Trinajstić information content (AvgIpc) is 3.54. The van der Waals surface area contributed by atoms with E-state index >= 15 is 0 Å². The van der Waals surface area contributed by atoms with Crippen molar-refractivity contribution in [2.45, 2.75) is 19.3 Å². The molecule has 0 amide bonds. The SMILES string of the molecule is O=C1/C(=C/[C]2[CH][CH][CH][CH]2)CCC/C1=C\[C]1[CH][CH][CH][CH]1.[CH]1[CH][CH][CH][CH]1.[CH]1[CH][CH][CH][CH]1.[Fe+2].[Fe+2]. The smallest absolute Gasteiger partial charge is 0.289 e. The molecular formula is C28H26Fe2O+4. The van der Waals surface area contributed by atoms with Crippen LogP contribution in [0.25, 0.3) is 0 Å². The van der Waals surface area contributed by atoms with Crippen molar-refractivity contribution in [1.82, 2.24) is 0 Å². The molecule has 0 aromatic rings. The summed E-state index contributed by atoms with van der Waals surface area (Å²) in [5.41, 5.74) is 1.88. The molecule has 0 bridgehead atoms. The van der Waals surface area contributed by atoms with Crippen LogP contribution in [0.3, 0.4) is 0 Å². The maximum atomic E-state index is 12.4. The van der Waals surface area contributed by atoms with E-state index in [1.807, 2.05) is 128 Å². The van der Waals surface area contributed by atoms with E-state index < -0.39 is 0 Å². The number of carbonyl (C=O) groups excluding carboxylic acids is 1. The Bertz CT molecular complexity index is 470. The quantitative estimate of drug-likeness (QED) is 0.373. The van der Waals surface area contributed by atoms with Gasteiger partial charge in [-0.3, -0.25) is 4.79 Å². The summed E-state index contributed by atoms with van der Waals surface area (Å²) in [7, 11) is 0. The monoisotopic (exact) mass is 490 g/mol. The van der Waals surface area contributed by atoms with E-state index in [4.69, 9.17) is 0 Å². The van der Waals surface area contributed by atoms with Crippen molar-refractivity contribution in [3.63, 3.8) is 0 Å². The molecule has 5 aliphatic rings. The first kappa shape index (κ1) is 29.2. The Morgan fingerprint density at radius 2 is 0.774 bits per heavy atom. The predicted molar refractivity (Wildman–Crippen MR) is 119 cm³/mol. The largest absolute Gasteiger partial charge is 2.00 e. The molecule has 156 valence electrons. The summed E-state index contributed by atoms with van der Waals surface area (Å²) >= 11 is 0. The van der Waals surface area contributed by atoms with Gasteiger partial charge < -0.3 is 0 Å². The van der Waals surface area contributed by atoms with Crippen molar-refractivity contribution in [2.75, 3.05) is 0 Å². The number of hydrogen-bond donors (Lipinski definition) is 0. The molecule has 0 aromatic carbocycles. The second kappa shape index (κ2) is 17.6. The maximum Gasteiger partial charge on any atom is 2.00 e. The molecule has 0 unspecified atom stereocenters. The third-order valence-corrected chi connectivity index (χ3v) is 4.65. The van der Waals surface area contributed by atoms with Gasteiger partial charge in [-0.05, 0) is 146 Å². The number of carbonyl (C=O) groups is 1. The first-order chi connectivity index (χ1) is 14.3. The number of Topliss-reactive ketones (excluding diaryl/α,β-unsaturated/α-hetero) is 1. The van der Waals surface area contributed by atoms with Gasteiger partial charge in [0, 0.05) is 11.8 Å². The molecule has 0 spiro atoms. The third kappa shape index (κ3) is 11.2. The molecule has 5 fully saturated rings. The Morgan fingerprint density at radius 1 is 0.484 bits per heavy atom. The Morgan fingerprint density at radius 3 is 1.06 bits per heavy atom. The minimum Gasteiger partial charge on any atom is -0.289 e. The van der Waals surface area contributed by atoms with E-state index in [1.165, 1.54) is 0 Å². The fourth-order valence-corrected chi connectivity index (χ4v) is 3.19. The van der Waals surface area contributed by atoms with E-state index in [9.17, 15) is 4.79 Å². The van der Waals surface area contributed by atoms with E-state index in [0.29, 0.717) is 0 Å². The van der Waals surface area contributed by atoms with Crippen LogP contribution >= 0.6 is 0 Å². The Kier molecular flexibility index (Phi) is 16.6. The fraction of sp³-hybridized carbons (Fsp3) is 0.107. The van der Waals surface area contributed by atoms with Gasteiger partial charge in [0.05, 0.1) is 0 Å². The van der Waals surface area contributed by atoms with E-state index in [2.05, 4.69) is 0 Å². The van der Waals surface area contributed by atoms with Gasteiger partial charge in [0.2, 0.25) is 0 Å². The molecule has 0 heterocycles. The summed E-state index contributed by atoms with van der Waals surface area (Å²) in [6, 6.07) is 0. The molecule has 0 N–H and O–H groups in total. The van der Waals surface area contributed by atoms with Crippen molar-refractivity contribution in [2.24, 2.45) is 0 Å². The number of ketones is 1. The van der Waals surface area contributed by atoms with E-state index in [1.54, 1.807) is 0 Å². The van der Waals surface area contributed by atoms with Crippen LogP contribution in [0.4, 0.5) is 0 Å². The van der Waals surface area contributed by atoms with Crippen molar-refractivity contribution in [3.05, 3.63) is 151 Å². The van der Waals surface area contributed by atoms with Gasteiger partial charge in [0.25, 0.3) is 0 Å². The van der Waals surface area contributed by atoms with Crippen molar-refractivity contribution in [3.8, 4) is 0 Å². The van der Waals surface area contributed by atoms with Crippen LogP contribution in [0.2, 0.25) is 0 Å². The molecule has 0 saturated heterocycles. The third-order valence-electron chi connectivity index (χ3n) is 4.65. The summed E-state index contributed by atoms with van der Waals surface area (Å²) in [4.78, 5) is 12.4. The molecule has 20 radical (unpaired) electrons. The number of rotatable bonds is 2. The topological polar surface area (TPSA) is 17.1 Å². The summed E-state index contributed by atoms with van der Waals surface area (Å²) in [5.74, 6) is 2.46. The van der Waals surface area contributed by atoms with Crippen LogP contribution in [0, 0.1) is 127 Å². The zero-order valence-electron chi connectivity index (χ0n) is 17.3. The van der Waals surface area contributed by atoms with Crippen LogP contribution in [0.5, 0.6) is 0 Å². The fourth-order valence-electron chi connectivity index (χ4n) is 3.19. The van der Waals surface area contributed by atoms with Crippen LogP contribution in [0.1, 0.15) is 19.3 Å². The van der Waals surface area contributed by atoms with Gasteiger partial charge >= 0.3 is 34.1 Å². The first-order valence-corrected chi connectivity index (χ1v) is 10.1. The predicted octanol–water partition coefficient (Wildman–Crippen LogP) is 5.44. The Balaban J connectivity index is 0.000000331. The van der Waals surface area contributed by atoms with Gasteiger partial charge in [0.15, 0.2) is 5.78 Å². The van der Waals surface area contributed by atoms with Crippen LogP contribution < -0.4 is 0 Å². The zero-order chi connectivity index (χ0) is 20.2. The first-order valence-electron chi connectivity index (χ1n) is 10.1. The van der Waals surface area contributed by atoms with Gasteiger partial charge in [0.1, 0.15) is 0 Å². The summed E-state index contributed by atoms with van der Waals surface area (Å²) in [5, 5.41) is 0. The second-order valence-electron chi connectivity index (χ2n) is 6.88. The molecule has 0 aliphatic heterocycles. The average molecular weight is 490 g/mol. The minimum absolute atomic E-state index is 0. The molecule has 5 aliphatic carbocycles. The van der Waals surface area contributed by atoms with Crippen LogP contribution in [0.15, 0.2) is 23.3 Å². The molecule has 5 saturated carbocycles. The second-order valence-corrected chi connectivity index (χ2v) is 6.88. The minimum atomic E-state index is 0. The number of hydrogen-bond acceptors (Lipinski definition) is 1. The van der Waals surface area contributed by atoms with Gasteiger partial charge in [-0.15, -0.1) is 0 Å².